The molecule has 5 heteroatoms. The molecule has 1 rings (SSSR count). The van der Waals surface area contributed by atoms with Crippen molar-refractivity contribution in [1.29, 1.82) is 0 Å². The summed E-state index contributed by atoms with van der Waals surface area (Å²) in [5.41, 5.74) is 1.10. The summed E-state index contributed by atoms with van der Waals surface area (Å²) in [7, 11) is -1.30. The van der Waals surface area contributed by atoms with Crippen LogP contribution in [0.2, 0.25) is 0 Å². The summed E-state index contributed by atoms with van der Waals surface area (Å²) in [6, 6.07) is 7.91. The minimum absolute atomic E-state index is 0.306. The van der Waals surface area contributed by atoms with Gasteiger partial charge in [0.15, 0.2) is 9.84 Å². The normalized spacial score (nSPS) is 12.2. The van der Waals surface area contributed by atoms with Gasteiger partial charge >= 0.3 is 0 Å². The molecule has 23 heavy (non-hydrogen) atoms. The Kier molecular flexibility index (Phi) is 7.89. The van der Waals surface area contributed by atoms with E-state index in [0.717, 1.165) is 50.1 Å². The first kappa shape index (κ1) is 19.8. The topological polar surface area (TPSA) is 55.4 Å². The van der Waals surface area contributed by atoms with Gasteiger partial charge in [-0.3, -0.25) is 0 Å². The quantitative estimate of drug-likeness (QED) is 0.646. The lowest BCUT2D eigenvalue weighted by atomic mass is 10.1. The van der Waals surface area contributed by atoms with Gasteiger partial charge in [0.2, 0.25) is 0 Å². The van der Waals surface area contributed by atoms with Crippen LogP contribution in [0, 0.1) is 0 Å². The van der Waals surface area contributed by atoms with Gasteiger partial charge in [0.05, 0.1) is 17.6 Å². The Morgan fingerprint density at radius 3 is 2.09 bits per heavy atom. The fraction of sp³-hybridized carbons (Fsp3) is 0.667. The molecule has 132 valence electrons. The van der Waals surface area contributed by atoms with Gasteiger partial charge in [-0.1, -0.05) is 19.3 Å². The summed E-state index contributed by atoms with van der Waals surface area (Å²) >= 11 is 0. The second-order valence-electron chi connectivity index (χ2n) is 6.85. The molecule has 0 saturated heterocycles. The molecule has 0 saturated carbocycles. The van der Waals surface area contributed by atoms with Crippen molar-refractivity contribution in [2.45, 2.75) is 57.6 Å². The van der Waals surface area contributed by atoms with Crippen LogP contribution < -0.4 is 10.1 Å². The van der Waals surface area contributed by atoms with Crippen LogP contribution in [0.5, 0.6) is 5.75 Å². The molecular weight excluding hydrogens is 310 g/mol. The van der Waals surface area contributed by atoms with Crippen molar-refractivity contribution in [2.24, 2.45) is 0 Å². The smallest absolute Gasteiger partial charge is 0.155 e. The lowest BCUT2D eigenvalue weighted by Gasteiger charge is -2.18. The number of unbranched alkanes of at least 4 members (excludes halogenated alkanes) is 4. The third-order valence-electron chi connectivity index (χ3n) is 3.94. The number of hydrogen-bond acceptors (Lipinski definition) is 4. The van der Waals surface area contributed by atoms with Crippen molar-refractivity contribution in [3.63, 3.8) is 0 Å². The van der Waals surface area contributed by atoms with E-state index in [-0.39, 0.29) is 0 Å². The molecule has 0 atom stereocenters. The SMILES string of the molecule is COc1ccc(NCCCCCCCS(=O)(=O)C(C)(C)C)cc1. The van der Waals surface area contributed by atoms with Crippen LogP contribution in [0.3, 0.4) is 0 Å². The number of hydrogen-bond donors (Lipinski definition) is 1. The van der Waals surface area contributed by atoms with Gasteiger partial charge in [-0.05, 0) is 57.9 Å². The average Bonchev–Trinajstić information content (AvgIpc) is 2.49. The first-order chi connectivity index (χ1) is 10.8. The van der Waals surface area contributed by atoms with Gasteiger partial charge in [0, 0.05) is 12.2 Å². The lowest BCUT2D eigenvalue weighted by molar-refractivity contribution is 0.415. The van der Waals surface area contributed by atoms with Gasteiger partial charge in [-0.15, -0.1) is 0 Å². The summed E-state index contributed by atoms with van der Waals surface area (Å²) in [5, 5.41) is 3.38. The molecule has 0 unspecified atom stereocenters. The van der Waals surface area contributed by atoms with Crippen LogP contribution in [-0.4, -0.2) is 32.6 Å². The number of sulfone groups is 1. The van der Waals surface area contributed by atoms with Crippen molar-refractivity contribution in [3.8, 4) is 5.75 Å². The van der Waals surface area contributed by atoms with Crippen molar-refractivity contribution in [3.05, 3.63) is 24.3 Å². The van der Waals surface area contributed by atoms with Gasteiger partial charge in [-0.25, -0.2) is 8.42 Å². The summed E-state index contributed by atoms with van der Waals surface area (Å²) in [5.74, 6) is 1.17. The van der Waals surface area contributed by atoms with E-state index >= 15 is 0 Å². The zero-order valence-electron chi connectivity index (χ0n) is 14.9. The van der Waals surface area contributed by atoms with E-state index < -0.39 is 14.6 Å². The molecule has 0 aliphatic heterocycles. The standard InChI is InChI=1S/C18H31NO3S/c1-18(2,3)23(20,21)15-9-7-5-6-8-14-19-16-10-12-17(22-4)13-11-16/h10-13,19H,5-9,14-15H2,1-4H3. The van der Waals surface area contributed by atoms with Gasteiger partial charge in [0.25, 0.3) is 0 Å². The van der Waals surface area contributed by atoms with Crippen LogP contribution in [-0.2, 0) is 9.84 Å². The van der Waals surface area contributed by atoms with Crippen molar-refractivity contribution in [1.82, 2.24) is 0 Å². The van der Waals surface area contributed by atoms with E-state index in [0.29, 0.717) is 5.75 Å². The predicted octanol–water partition coefficient (Wildman–Crippen LogP) is 4.27. The maximum Gasteiger partial charge on any atom is 0.155 e. The number of ether oxygens (including phenoxy) is 1. The first-order valence-corrected chi connectivity index (χ1v) is 10.0. The molecule has 0 bridgehead atoms. The summed E-state index contributed by atoms with van der Waals surface area (Å²) in [6.45, 7) is 6.25. The highest BCUT2D eigenvalue weighted by atomic mass is 32.2. The van der Waals surface area contributed by atoms with Crippen molar-refractivity contribution >= 4 is 15.5 Å². The molecule has 1 aromatic carbocycles. The molecule has 0 heterocycles. The highest BCUT2D eigenvalue weighted by Crippen LogP contribution is 2.18. The minimum Gasteiger partial charge on any atom is -0.497 e. The maximum atomic E-state index is 12.0. The zero-order chi connectivity index (χ0) is 17.3. The number of benzene rings is 1. The lowest BCUT2D eigenvalue weighted by Crippen LogP contribution is -2.30. The fourth-order valence-corrected chi connectivity index (χ4v) is 3.39. The molecule has 0 aliphatic rings. The highest BCUT2D eigenvalue weighted by Gasteiger charge is 2.27. The van der Waals surface area contributed by atoms with Crippen LogP contribution in [0.15, 0.2) is 24.3 Å². The molecular formula is C18H31NO3S. The number of methoxy groups -OCH3 is 1. The number of anilines is 1. The Hall–Kier alpha value is -1.23. The maximum absolute atomic E-state index is 12.0. The first-order valence-electron chi connectivity index (χ1n) is 8.36. The third kappa shape index (κ3) is 7.25. The molecule has 0 radical (unpaired) electrons. The fourth-order valence-electron chi connectivity index (χ4n) is 2.20. The van der Waals surface area contributed by atoms with E-state index in [9.17, 15) is 8.42 Å². The summed E-state index contributed by atoms with van der Waals surface area (Å²) in [6.07, 6.45) is 5.06. The molecule has 0 amide bonds. The van der Waals surface area contributed by atoms with Gasteiger partial charge < -0.3 is 10.1 Å². The van der Waals surface area contributed by atoms with Gasteiger partial charge in [0.1, 0.15) is 5.75 Å². The number of nitrogens with one attached hydrogen (secondary N) is 1. The van der Waals surface area contributed by atoms with Crippen LogP contribution in [0.25, 0.3) is 0 Å². The zero-order valence-corrected chi connectivity index (χ0v) is 15.7. The van der Waals surface area contributed by atoms with Crippen molar-refractivity contribution in [2.75, 3.05) is 24.7 Å². The van der Waals surface area contributed by atoms with E-state index in [1.165, 1.54) is 0 Å². The Labute approximate surface area is 141 Å². The van der Waals surface area contributed by atoms with Gasteiger partial charge in [-0.2, -0.15) is 0 Å². The van der Waals surface area contributed by atoms with E-state index in [2.05, 4.69) is 5.32 Å². The van der Waals surface area contributed by atoms with E-state index in [1.54, 1.807) is 27.9 Å². The third-order valence-corrected chi connectivity index (χ3v) is 6.63. The summed E-state index contributed by atoms with van der Waals surface area (Å²) < 4.78 is 28.4. The largest absolute Gasteiger partial charge is 0.497 e. The molecule has 1 aromatic rings. The van der Waals surface area contributed by atoms with Crippen LogP contribution in [0.1, 0.15) is 52.9 Å². The van der Waals surface area contributed by atoms with E-state index in [4.69, 9.17) is 4.74 Å². The summed E-state index contributed by atoms with van der Waals surface area (Å²) in [4.78, 5) is 0. The molecule has 0 aliphatic carbocycles. The molecule has 1 N–H and O–H groups in total. The van der Waals surface area contributed by atoms with Crippen LogP contribution >= 0.6 is 0 Å². The number of rotatable bonds is 10. The minimum atomic E-state index is -2.96. The monoisotopic (exact) mass is 341 g/mol. The molecule has 0 fully saturated rings. The van der Waals surface area contributed by atoms with E-state index in [1.807, 2.05) is 24.3 Å². The van der Waals surface area contributed by atoms with Crippen LogP contribution in [0.4, 0.5) is 5.69 Å². The molecule has 4 nitrogen and oxygen atoms in total. The Balaban J connectivity index is 2.07. The Bertz CT molecular complexity index is 545. The average molecular weight is 342 g/mol. The second-order valence-corrected chi connectivity index (χ2v) is 9.72. The Morgan fingerprint density at radius 1 is 0.957 bits per heavy atom. The Morgan fingerprint density at radius 2 is 1.52 bits per heavy atom. The predicted molar refractivity (Wildman–Crippen MR) is 98.1 cm³/mol. The second kappa shape index (κ2) is 9.16. The molecule has 0 spiro atoms. The van der Waals surface area contributed by atoms with Crippen molar-refractivity contribution < 1.29 is 13.2 Å². The molecule has 0 aromatic heterocycles. The highest BCUT2D eigenvalue weighted by molar-refractivity contribution is 7.92.